The molecule has 108 valence electrons. The molecule has 0 radical (unpaired) electrons. The van der Waals surface area contributed by atoms with Crippen LogP contribution in [0.2, 0.25) is 15.1 Å². The number of halogens is 3. The maximum Gasteiger partial charge on any atom is 0.137 e. The van der Waals surface area contributed by atoms with E-state index in [1.165, 1.54) is 0 Å². The van der Waals surface area contributed by atoms with Crippen molar-refractivity contribution in [2.45, 2.75) is 6.42 Å². The number of hydrogen-bond acceptors (Lipinski definition) is 2. The molecule has 3 nitrogen and oxygen atoms in total. The second-order valence-electron chi connectivity index (χ2n) is 4.65. The summed E-state index contributed by atoms with van der Waals surface area (Å²) < 4.78 is 1.93. The van der Waals surface area contributed by atoms with Crippen LogP contribution in [0.15, 0.2) is 36.5 Å². The molecule has 2 aromatic heterocycles. The number of fused-ring (bicyclic) bond motifs is 1. The highest BCUT2D eigenvalue weighted by Gasteiger charge is 2.16. The quantitative estimate of drug-likeness (QED) is 0.765. The van der Waals surface area contributed by atoms with Crippen LogP contribution in [0.5, 0.6) is 0 Å². The first kappa shape index (κ1) is 14.7. The lowest BCUT2D eigenvalue weighted by Crippen LogP contribution is -2.04. The Morgan fingerprint density at radius 3 is 2.52 bits per heavy atom. The molecule has 0 amide bonds. The summed E-state index contributed by atoms with van der Waals surface area (Å²) in [6.45, 7) is 0.510. The van der Waals surface area contributed by atoms with E-state index in [2.05, 4.69) is 4.98 Å². The van der Waals surface area contributed by atoms with Crippen LogP contribution in [0, 0.1) is 0 Å². The van der Waals surface area contributed by atoms with Crippen molar-refractivity contribution in [1.82, 2.24) is 9.38 Å². The molecule has 0 aliphatic heterocycles. The smallest absolute Gasteiger partial charge is 0.137 e. The molecule has 0 saturated carbocycles. The Balaban J connectivity index is 2.32. The van der Waals surface area contributed by atoms with E-state index in [-0.39, 0.29) is 0 Å². The number of nitrogens with zero attached hydrogens (tertiary/aromatic N) is 2. The number of nitrogens with two attached hydrogens (primary N) is 1. The van der Waals surface area contributed by atoms with Crippen LogP contribution >= 0.6 is 34.8 Å². The molecule has 2 N–H and O–H groups in total. The Morgan fingerprint density at radius 2 is 1.81 bits per heavy atom. The fraction of sp³-hybridized carbons (Fsp3) is 0.133. The van der Waals surface area contributed by atoms with Gasteiger partial charge in [-0.3, -0.25) is 4.40 Å². The van der Waals surface area contributed by atoms with E-state index in [1.807, 2.05) is 28.8 Å². The van der Waals surface area contributed by atoms with Gasteiger partial charge in [0.1, 0.15) is 5.65 Å². The van der Waals surface area contributed by atoms with Gasteiger partial charge in [0.05, 0.1) is 21.4 Å². The van der Waals surface area contributed by atoms with Gasteiger partial charge in [-0.1, -0.05) is 34.8 Å². The van der Waals surface area contributed by atoms with Crippen molar-refractivity contribution in [2.75, 3.05) is 6.54 Å². The zero-order valence-electron chi connectivity index (χ0n) is 11.0. The summed E-state index contributed by atoms with van der Waals surface area (Å²) in [4.78, 5) is 4.62. The third-order valence-corrected chi connectivity index (χ3v) is 3.99. The van der Waals surface area contributed by atoms with Gasteiger partial charge < -0.3 is 5.73 Å². The Labute approximate surface area is 137 Å². The zero-order chi connectivity index (χ0) is 15.0. The lowest BCUT2D eigenvalue weighted by atomic mass is 10.1. The van der Waals surface area contributed by atoms with Crippen LogP contribution < -0.4 is 5.73 Å². The van der Waals surface area contributed by atoms with Gasteiger partial charge in [0.25, 0.3) is 0 Å². The number of pyridine rings is 1. The molecule has 0 atom stereocenters. The van der Waals surface area contributed by atoms with Crippen molar-refractivity contribution >= 4 is 40.4 Å². The van der Waals surface area contributed by atoms with Crippen LogP contribution in [0.25, 0.3) is 16.9 Å². The molecule has 0 fully saturated rings. The normalized spacial score (nSPS) is 11.2. The van der Waals surface area contributed by atoms with Gasteiger partial charge in [0.15, 0.2) is 0 Å². The predicted octanol–water partition coefficient (Wildman–Crippen LogP) is 4.46. The van der Waals surface area contributed by atoms with Gasteiger partial charge in [-0.2, -0.15) is 0 Å². The lowest BCUT2D eigenvalue weighted by molar-refractivity contribution is 0.939. The van der Waals surface area contributed by atoms with Gasteiger partial charge in [-0.15, -0.1) is 0 Å². The monoisotopic (exact) mass is 339 g/mol. The average molecular weight is 341 g/mol. The Morgan fingerprint density at radius 1 is 1.05 bits per heavy atom. The summed E-state index contributed by atoms with van der Waals surface area (Å²) >= 11 is 18.4. The molecule has 3 rings (SSSR count). The summed E-state index contributed by atoms with van der Waals surface area (Å²) in [5, 5.41) is 1.80. The molecule has 0 saturated heterocycles. The first-order chi connectivity index (χ1) is 10.1. The summed E-state index contributed by atoms with van der Waals surface area (Å²) in [5.74, 6) is 0. The van der Waals surface area contributed by atoms with E-state index in [9.17, 15) is 0 Å². The minimum absolute atomic E-state index is 0.510. The van der Waals surface area contributed by atoms with E-state index in [0.717, 1.165) is 22.6 Å². The third kappa shape index (κ3) is 2.74. The lowest BCUT2D eigenvalue weighted by Gasteiger charge is -2.08. The third-order valence-electron chi connectivity index (χ3n) is 3.22. The van der Waals surface area contributed by atoms with Crippen molar-refractivity contribution in [3.63, 3.8) is 0 Å². The van der Waals surface area contributed by atoms with E-state index < -0.39 is 0 Å². The Bertz CT molecular complexity index is 811. The van der Waals surface area contributed by atoms with Gasteiger partial charge in [-0.25, -0.2) is 4.98 Å². The largest absolute Gasteiger partial charge is 0.330 e. The molecule has 0 bridgehead atoms. The van der Waals surface area contributed by atoms with Crippen LogP contribution in [0.1, 0.15) is 5.69 Å². The van der Waals surface area contributed by atoms with Crippen LogP contribution in [-0.2, 0) is 6.42 Å². The molecule has 0 aliphatic carbocycles. The standard InChI is InChI=1S/C15H12Cl3N3/c16-9-1-3-11(12(18)7-9)15-13(5-6-19)20-14-4-2-10(17)8-21(14)15/h1-4,7-8H,5-6,19H2. The summed E-state index contributed by atoms with van der Waals surface area (Å²) in [6.07, 6.45) is 2.48. The summed E-state index contributed by atoms with van der Waals surface area (Å²) in [6, 6.07) is 9.08. The minimum Gasteiger partial charge on any atom is -0.330 e. The predicted molar refractivity (Wildman–Crippen MR) is 88.4 cm³/mol. The number of hydrogen-bond donors (Lipinski definition) is 1. The molecule has 0 spiro atoms. The average Bonchev–Trinajstić information content (AvgIpc) is 2.77. The van der Waals surface area contributed by atoms with Gasteiger partial charge >= 0.3 is 0 Å². The molecule has 0 unspecified atom stereocenters. The maximum absolute atomic E-state index is 6.34. The first-order valence-electron chi connectivity index (χ1n) is 6.42. The molecular weight excluding hydrogens is 329 g/mol. The number of benzene rings is 1. The number of imidazole rings is 1. The number of rotatable bonds is 3. The fourth-order valence-electron chi connectivity index (χ4n) is 2.35. The minimum atomic E-state index is 0.510. The van der Waals surface area contributed by atoms with Crippen molar-refractivity contribution < 1.29 is 0 Å². The second kappa shape index (κ2) is 5.85. The van der Waals surface area contributed by atoms with Crippen LogP contribution in [0.4, 0.5) is 0 Å². The Kier molecular flexibility index (Phi) is 4.09. The molecular formula is C15H12Cl3N3. The van der Waals surface area contributed by atoms with Crippen molar-refractivity contribution in [3.05, 3.63) is 57.3 Å². The second-order valence-corrected chi connectivity index (χ2v) is 5.93. The van der Waals surface area contributed by atoms with E-state index in [4.69, 9.17) is 40.5 Å². The summed E-state index contributed by atoms with van der Waals surface area (Å²) in [7, 11) is 0. The van der Waals surface area contributed by atoms with Gasteiger partial charge in [-0.05, 0) is 36.9 Å². The van der Waals surface area contributed by atoms with E-state index >= 15 is 0 Å². The molecule has 21 heavy (non-hydrogen) atoms. The van der Waals surface area contributed by atoms with Gasteiger partial charge in [0.2, 0.25) is 0 Å². The van der Waals surface area contributed by atoms with Crippen LogP contribution in [-0.4, -0.2) is 15.9 Å². The van der Waals surface area contributed by atoms with Gasteiger partial charge in [0, 0.05) is 23.2 Å². The van der Waals surface area contributed by atoms with Crippen molar-refractivity contribution in [1.29, 1.82) is 0 Å². The van der Waals surface area contributed by atoms with E-state index in [1.54, 1.807) is 12.1 Å². The fourth-order valence-corrected chi connectivity index (χ4v) is 3.00. The van der Waals surface area contributed by atoms with Crippen molar-refractivity contribution in [3.8, 4) is 11.3 Å². The van der Waals surface area contributed by atoms with E-state index in [0.29, 0.717) is 28.0 Å². The van der Waals surface area contributed by atoms with Crippen molar-refractivity contribution in [2.24, 2.45) is 5.73 Å². The Hall–Kier alpha value is -1.26. The highest BCUT2D eigenvalue weighted by atomic mass is 35.5. The van der Waals surface area contributed by atoms with Crippen LogP contribution in [0.3, 0.4) is 0 Å². The highest BCUT2D eigenvalue weighted by molar-refractivity contribution is 6.36. The highest BCUT2D eigenvalue weighted by Crippen LogP contribution is 2.33. The maximum atomic E-state index is 6.34. The zero-order valence-corrected chi connectivity index (χ0v) is 13.3. The molecule has 6 heteroatoms. The molecule has 0 aliphatic rings. The molecule has 1 aromatic carbocycles. The first-order valence-corrected chi connectivity index (χ1v) is 7.55. The molecule has 2 heterocycles. The topological polar surface area (TPSA) is 43.3 Å². The number of aromatic nitrogens is 2. The summed E-state index contributed by atoms with van der Waals surface area (Å²) in [5.41, 5.74) is 9.16. The SMILES string of the molecule is NCCc1nc2ccc(Cl)cn2c1-c1ccc(Cl)cc1Cl. The molecule has 3 aromatic rings.